The third-order valence-electron chi connectivity index (χ3n) is 7.47. The van der Waals surface area contributed by atoms with E-state index in [1.807, 2.05) is 13.2 Å². The number of aromatic hydroxyl groups is 1. The molecule has 1 aromatic rings. The molecule has 3 atom stereocenters. The Hall–Kier alpha value is -1.39. The molecule has 1 aliphatic heterocycles. The zero-order valence-electron chi connectivity index (χ0n) is 15.0. The molecule has 4 aliphatic rings. The van der Waals surface area contributed by atoms with E-state index in [4.69, 9.17) is 4.74 Å². The van der Waals surface area contributed by atoms with Gasteiger partial charge in [0.05, 0.1) is 5.60 Å². The first-order valence-corrected chi connectivity index (χ1v) is 9.71. The maximum atomic E-state index is 12.5. The normalized spacial score (nSPS) is 37.5. The molecule has 0 spiro atoms. The van der Waals surface area contributed by atoms with E-state index in [0.29, 0.717) is 30.4 Å². The molecule has 2 saturated carbocycles. The van der Waals surface area contributed by atoms with Crippen LogP contribution in [0.1, 0.15) is 49.7 Å². The van der Waals surface area contributed by atoms with Gasteiger partial charge in [0.2, 0.25) is 0 Å². The van der Waals surface area contributed by atoms with Crippen molar-refractivity contribution < 1.29 is 14.6 Å². The minimum atomic E-state index is -0.297. The van der Waals surface area contributed by atoms with Crippen molar-refractivity contribution in [3.05, 3.63) is 29.3 Å². The molecule has 1 aromatic carbocycles. The van der Waals surface area contributed by atoms with Crippen molar-refractivity contribution in [3.8, 4) is 5.75 Å². The molecule has 0 unspecified atom stereocenters. The second-order valence-electron chi connectivity index (χ2n) is 8.64. The number of ketones is 1. The number of phenolic OH excluding ortho intramolecular Hbond substituents is 1. The number of phenols is 1. The number of methoxy groups -OCH3 is 1. The number of hydrogen-bond donors (Lipinski definition) is 1. The quantitative estimate of drug-likeness (QED) is 0.918. The molecular weight excluding hydrogens is 314 g/mol. The van der Waals surface area contributed by atoms with Crippen LogP contribution in [0.15, 0.2) is 18.2 Å². The van der Waals surface area contributed by atoms with Gasteiger partial charge in [-0.25, -0.2) is 0 Å². The molecule has 1 N–H and O–H groups in total. The van der Waals surface area contributed by atoms with E-state index in [-0.39, 0.29) is 11.0 Å². The fraction of sp³-hybridized carbons (Fsp3) is 0.667. The summed E-state index contributed by atoms with van der Waals surface area (Å²) in [4.78, 5) is 15.2. The van der Waals surface area contributed by atoms with Gasteiger partial charge >= 0.3 is 0 Å². The topological polar surface area (TPSA) is 49.8 Å². The Morgan fingerprint density at radius 2 is 2.16 bits per heavy atom. The predicted octanol–water partition coefficient (Wildman–Crippen LogP) is 2.81. The third kappa shape index (κ3) is 2.10. The summed E-state index contributed by atoms with van der Waals surface area (Å²) >= 11 is 0. The number of carbonyl (C=O) groups is 1. The molecule has 1 heterocycles. The molecule has 4 nitrogen and oxygen atoms in total. The van der Waals surface area contributed by atoms with Gasteiger partial charge in [0.1, 0.15) is 11.5 Å². The first-order chi connectivity index (χ1) is 12.1. The first kappa shape index (κ1) is 15.8. The van der Waals surface area contributed by atoms with Crippen LogP contribution in [0.25, 0.3) is 0 Å². The molecule has 25 heavy (non-hydrogen) atoms. The van der Waals surface area contributed by atoms with Crippen LogP contribution < -0.4 is 0 Å². The van der Waals surface area contributed by atoms with Crippen LogP contribution >= 0.6 is 0 Å². The van der Waals surface area contributed by atoms with Crippen molar-refractivity contribution in [3.63, 3.8) is 0 Å². The van der Waals surface area contributed by atoms with Gasteiger partial charge in [-0.1, -0.05) is 6.07 Å². The van der Waals surface area contributed by atoms with Gasteiger partial charge in [-0.05, 0) is 67.8 Å². The zero-order chi connectivity index (χ0) is 17.2. The lowest BCUT2D eigenvalue weighted by Gasteiger charge is -2.65. The number of nitrogens with zero attached hydrogens (tertiary/aromatic N) is 1. The summed E-state index contributed by atoms with van der Waals surface area (Å²) in [5, 5.41) is 10.1. The van der Waals surface area contributed by atoms with Gasteiger partial charge in [-0.3, -0.25) is 9.69 Å². The summed E-state index contributed by atoms with van der Waals surface area (Å²) < 4.78 is 6.34. The van der Waals surface area contributed by atoms with Crippen LogP contribution in [0.3, 0.4) is 0 Å². The number of carbonyl (C=O) groups excluding carboxylic acids is 1. The number of likely N-dealkylation sites (tertiary alicyclic amines) is 1. The monoisotopic (exact) mass is 341 g/mol. The maximum Gasteiger partial charge on any atom is 0.134 e. The Bertz CT molecular complexity index is 728. The third-order valence-corrected chi connectivity index (χ3v) is 7.47. The Labute approximate surface area is 149 Å². The van der Waals surface area contributed by atoms with E-state index in [0.717, 1.165) is 31.7 Å². The molecule has 0 radical (unpaired) electrons. The van der Waals surface area contributed by atoms with E-state index < -0.39 is 0 Å². The highest BCUT2D eigenvalue weighted by atomic mass is 16.5. The van der Waals surface area contributed by atoms with Gasteiger partial charge in [0, 0.05) is 38.0 Å². The largest absolute Gasteiger partial charge is 0.508 e. The lowest BCUT2D eigenvalue weighted by Crippen LogP contribution is -2.74. The van der Waals surface area contributed by atoms with Crippen molar-refractivity contribution in [1.29, 1.82) is 0 Å². The van der Waals surface area contributed by atoms with Crippen LogP contribution in [0.4, 0.5) is 0 Å². The fourth-order valence-corrected chi connectivity index (χ4v) is 6.14. The van der Waals surface area contributed by atoms with Gasteiger partial charge in [0.15, 0.2) is 0 Å². The molecule has 0 aromatic heterocycles. The van der Waals surface area contributed by atoms with Crippen LogP contribution in [0.2, 0.25) is 0 Å². The lowest BCUT2D eigenvalue weighted by molar-refractivity contribution is -0.187. The summed E-state index contributed by atoms with van der Waals surface area (Å²) in [5.41, 5.74) is 1.90. The number of benzene rings is 1. The molecule has 2 bridgehead atoms. The number of piperidine rings is 1. The second kappa shape index (κ2) is 5.31. The SMILES string of the molecule is CO[C@@]12CCC(=O)C[C@@]13CCN(CC1CC1)[C@@H]2Cc1ccc(O)cc13. The Morgan fingerprint density at radius 3 is 2.92 bits per heavy atom. The van der Waals surface area contributed by atoms with E-state index in [1.165, 1.54) is 30.5 Å². The van der Waals surface area contributed by atoms with Gasteiger partial charge in [0.25, 0.3) is 0 Å². The van der Waals surface area contributed by atoms with Crippen molar-refractivity contribution in [2.24, 2.45) is 5.92 Å². The average Bonchev–Trinajstić information content (AvgIpc) is 3.42. The van der Waals surface area contributed by atoms with Crippen molar-refractivity contribution in [1.82, 2.24) is 4.90 Å². The van der Waals surface area contributed by atoms with E-state index >= 15 is 0 Å². The number of Topliss-reactive ketones (excluding diaryl/α,β-unsaturated/α-hetero) is 1. The minimum Gasteiger partial charge on any atom is -0.508 e. The van der Waals surface area contributed by atoms with Crippen molar-refractivity contribution >= 4 is 5.78 Å². The second-order valence-corrected chi connectivity index (χ2v) is 8.64. The molecule has 134 valence electrons. The van der Waals surface area contributed by atoms with Gasteiger partial charge in [-0.2, -0.15) is 0 Å². The number of rotatable bonds is 3. The van der Waals surface area contributed by atoms with Crippen molar-refractivity contribution in [2.45, 2.75) is 62.0 Å². The molecule has 4 heteroatoms. The van der Waals surface area contributed by atoms with Crippen LogP contribution in [0, 0.1) is 5.92 Å². The van der Waals surface area contributed by atoms with Crippen LogP contribution in [-0.4, -0.2) is 47.6 Å². The van der Waals surface area contributed by atoms with Crippen molar-refractivity contribution in [2.75, 3.05) is 20.2 Å². The Kier molecular flexibility index (Phi) is 3.36. The summed E-state index contributed by atoms with van der Waals surface area (Å²) in [7, 11) is 1.84. The smallest absolute Gasteiger partial charge is 0.134 e. The minimum absolute atomic E-state index is 0.270. The standard InChI is InChI=1S/C21H27NO3/c1-25-21-7-6-17(24)12-20(21)8-9-22(13-14-2-3-14)19(21)10-15-4-5-16(23)11-18(15)20/h4-5,11,14,19,23H,2-3,6-10,12-13H2,1H3/t19-,20-,21-/m1/s1. The average molecular weight is 341 g/mol. The predicted molar refractivity (Wildman–Crippen MR) is 94.8 cm³/mol. The zero-order valence-corrected chi connectivity index (χ0v) is 15.0. The van der Waals surface area contributed by atoms with Gasteiger partial charge < -0.3 is 9.84 Å². The van der Waals surface area contributed by atoms with E-state index in [9.17, 15) is 9.90 Å². The highest BCUT2D eigenvalue weighted by Crippen LogP contribution is 2.59. The van der Waals surface area contributed by atoms with Gasteiger partial charge in [-0.15, -0.1) is 0 Å². The number of fused-ring (bicyclic) bond motifs is 1. The maximum absolute atomic E-state index is 12.5. The molecule has 0 amide bonds. The Morgan fingerprint density at radius 1 is 1.32 bits per heavy atom. The Balaban J connectivity index is 1.68. The van der Waals surface area contributed by atoms with Crippen LogP contribution in [-0.2, 0) is 21.4 Å². The van der Waals surface area contributed by atoms with E-state index in [2.05, 4.69) is 11.0 Å². The summed E-state index contributed by atoms with van der Waals surface area (Å²) in [5.74, 6) is 1.50. The highest BCUT2D eigenvalue weighted by Gasteiger charge is 2.65. The number of ether oxygens (including phenoxy) is 1. The summed E-state index contributed by atoms with van der Waals surface area (Å²) in [6.45, 7) is 2.21. The van der Waals surface area contributed by atoms with E-state index in [1.54, 1.807) is 6.07 Å². The number of hydrogen-bond acceptors (Lipinski definition) is 4. The molecule has 5 rings (SSSR count). The first-order valence-electron chi connectivity index (χ1n) is 9.71. The highest BCUT2D eigenvalue weighted by molar-refractivity contribution is 5.82. The lowest BCUT2D eigenvalue weighted by atomic mass is 9.49. The van der Waals surface area contributed by atoms with Crippen LogP contribution in [0.5, 0.6) is 5.75 Å². The molecular formula is C21H27NO3. The summed E-state index contributed by atoms with van der Waals surface area (Å²) in [6, 6.07) is 6.12. The molecule has 3 aliphatic carbocycles. The fourth-order valence-electron chi connectivity index (χ4n) is 6.14. The molecule has 3 fully saturated rings. The summed E-state index contributed by atoms with van der Waals surface area (Å²) in [6.07, 6.45) is 6.62. The molecule has 1 saturated heterocycles.